The van der Waals surface area contributed by atoms with Crippen LogP contribution in [-0.2, 0) is 0 Å². The summed E-state index contributed by atoms with van der Waals surface area (Å²) in [7, 11) is 0. The molecule has 23 heavy (non-hydrogen) atoms. The highest BCUT2D eigenvalue weighted by Crippen LogP contribution is 2.60. The van der Waals surface area contributed by atoms with Crippen molar-refractivity contribution in [3.05, 3.63) is 52.0 Å². The van der Waals surface area contributed by atoms with E-state index in [1.54, 1.807) is 4.57 Å². The molecule has 0 aliphatic heterocycles. The van der Waals surface area contributed by atoms with Crippen LogP contribution in [0.15, 0.2) is 40.9 Å². The number of hydrogen-bond donors (Lipinski definition) is 2. The van der Waals surface area contributed by atoms with Crippen molar-refractivity contribution >= 4 is 26.7 Å². The molecule has 0 saturated heterocycles. The molecule has 2 aliphatic rings. The van der Waals surface area contributed by atoms with Crippen LogP contribution in [0.4, 0.5) is 0 Å². The number of hydrogen-bond acceptors (Lipinski definition) is 2. The summed E-state index contributed by atoms with van der Waals surface area (Å²) in [5.41, 5.74) is 2.78. The second-order valence-corrected chi connectivity index (χ2v) is 7.48. The summed E-state index contributed by atoms with van der Waals surface area (Å²) in [6, 6.07) is 11.9. The van der Waals surface area contributed by atoms with Gasteiger partial charge in [-0.25, -0.2) is 0 Å². The van der Waals surface area contributed by atoms with Gasteiger partial charge in [-0.05, 0) is 48.6 Å². The summed E-state index contributed by atoms with van der Waals surface area (Å²) >= 11 is 3.58. The predicted octanol–water partition coefficient (Wildman–Crippen LogP) is 5.17. The maximum absolute atomic E-state index is 10.8. The summed E-state index contributed by atoms with van der Waals surface area (Å²) < 4.78 is 2.64. The van der Waals surface area contributed by atoms with Crippen LogP contribution in [0.3, 0.4) is 0 Å². The van der Waals surface area contributed by atoms with Gasteiger partial charge in [0.05, 0.1) is 5.69 Å². The van der Waals surface area contributed by atoms with Crippen LogP contribution in [0, 0.1) is 0 Å². The summed E-state index contributed by atoms with van der Waals surface area (Å²) in [5.74, 6) is 1.25. The Morgan fingerprint density at radius 3 is 2.13 bits per heavy atom. The first kappa shape index (κ1) is 13.5. The molecule has 2 N–H and O–H groups in total. The zero-order valence-corrected chi connectivity index (χ0v) is 14.0. The number of rotatable bonds is 1. The minimum Gasteiger partial charge on any atom is -0.494 e. The smallest absolute Gasteiger partial charge is 0.202 e. The van der Waals surface area contributed by atoms with E-state index in [4.69, 9.17) is 0 Å². The highest BCUT2D eigenvalue weighted by molar-refractivity contribution is 9.10. The Balaban J connectivity index is 1.84. The summed E-state index contributed by atoms with van der Waals surface area (Å²) in [5, 5.41) is 23.7. The van der Waals surface area contributed by atoms with Gasteiger partial charge in [-0.3, -0.25) is 4.57 Å². The summed E-state index contributed by atoms with van der Waals surface area (Å²) in [4.78, 5) is 0. The average molecular weight is 370 g/mol. The van der Waals surface area contributed by atoms with Crippen LogP contribution in [-0.4, -0.2) is 14.8 Å². The van der Waals surface area contributed by atoms with Crippen molar-refractivity contribution in [2.24, 2.45) is 0 Å². The van der Waals surface area contributed by atoms with Gasteiger partial charge in [-0.1, -0.05) is 40.2 Å². The van der Waals surface area contributed by atoms with Crippen LogP contribution in [0.25, 0.3) is 16.5 Å². The van der Waals surface area contributed by atoms with Crippen LogP contribution in [0.5, 0.6) is 11.8 Å². The molecule has 0 unspecified atom stereocenters. The zero-order chi connectivity index (χ0) is 15.7. The lowest BCUT2D eigenvalue weighted by Crippen LogP contribution is -1.96. The van der Waals surface area contributed by atoms with Gasteiger partial charge in [0.2, 0.25) is 11.8 Å². The van der Waals surface area contributed by atoms with E-state index < -0.39 is 0 Å². The van der Waals surface area contributed by atoms with E-state index >= 15 is 0 Å². The monoisotopic (exact) mass is 369 g/mol. The van der Waals surface area contributed by atoms with Gasteiger partial charge >= 0.3 is 0 Å². The maximum atomic E-state index is 10.8. The number of aromatic nitrogens is 1. The van der Waals surface area contributed by atoms with E-state index in [9.17, 15) is 10.2 Å². The maximum Gasteiger partial charge on any atom is 0.202 e. The molecule has 1 fully saturated rings. The van der Waals surface area contributed by atoms with Gasteiger partial charge in [0.1, 0.15) is 0 Å². The Morgan fingerprint density at radius 1 is 0.870 bits per heavy atom. The standard InChI is InChI=1S/C19H16BrNO2/c20-14-7-8-15(13-4-2-1-3-12(13)14)21-18(22)16-10-5-6-11(9-10)17(16)19(21)23/h1-4,7-8,10-11,22-23H,5-6,9H2/t10-,11+. The van der Waals surface area contributed by atoms with Crippen LogP contribution in [0.1, 0.15) is 42.2 Å². The number of benzene rings is 2. The van der Waals surface area contributed by atoms with Gasteiger partial charge < -0.3 is 10.2 Å². The second kappa shape index (κ2) is 4.54. The van der Waals surface area contributed by atoms with Gasteiger partial charge in [0.25, 0.3) is 0 Å². The van der Waals surface area contributed by atoms with E-state index in [-0.39, 0.29) is 11.8 Å². The number of halogens is 1. The third kappa shape index (κ3) is 1.65. The SMILES string of the molecule is Oc1c2c(c(O)n1-c1ccc(Br)c3ccccc13)[C@H]1CC[C@@H]2C1. The molecule has 2 bridgehead atoms. The molecule has 1 saturated carbocycles. The Hall–Kier alpha value is -1.94. The quantitative estimate of drug-likeness (QED) is 0.621. The predicted molar refractivity (Wildman–Crippen MR) is 93.6 cm³/mol. The Bertz CT molecular complexity index is 926. The molecular formula is C19H16BrNO2. The lowest BCUT2D eigenvalue weighted by molar-refractivity contribution is 0.395. The molecule has 2 atom stereocenters. The Morgan fingerprint density at radius 2 is 1.48 bits per heavy atom. The summed E-state index contributed by atoms with van der Waals surface area (Å²) in [6.45, 7) is 0. The van der Waals surface area contributed by atoms with E-state index in [2.05, 4.69) is 15.9 Å². The Kier molecular flexibility index (Phi) is 2.66. The van der Waals surface area contributed by atoms with Crippen molar-refractivity contribution < 1.29 is 10.2 Å². The number of nitrogens with zero attached hydrogens (tertiary/aromatic N) is 1. The molecule has 3 nitrogen and oxygen atoms in total. The van der Waals surface area contributed by atoms with Gasteiger partial charge in [-0.2, -0.15) is 0 Å². The van der Waals surface area contributed by atoms with Crippen LogP contribution < -0.4 is 0 Å². The van der Waals surface area contributed by atoms with Crippen molar-refractivity contribution in [1.82, 2.24) is 4.57 Å². The van der Waals surface area contributed by atoms with Crippen molar-refractivity contribution in [2.45, 2.75) is 31.1 Å². The van der Waals surface area contributed by atoms with Crippen molar-refractivity contribution in [3.8, 4) is 17.4 Å². The molecule has 0 radical (unpaired) electrons. The van der Waals surface area contributed by atoms with E-state index in [0.717, 1.165) is 51.3 Å². The molecular weight excluding hydrogens is 354 g/mol. The van der Waals surface area contributed by atoms with Crippen molar-refractivity contribution in [2.75, 3.05) is 0 Å². The highest BCUT2D eigenvalue weighted by Gasteiger charge is 2.44. The minimum absolute atomic E-state index is 0.220. The molecule has 3 aromatic rings. The average Bonchev–Trinajstić information content (AvgIpc) is 3.24. The van der Waals surface area contributed by atoms with E-state index in [0.29, 0.717) is 11.8 Å². The normalized spacial score (nSPS) is 22.0. The van der Waals surface area contributed by atoms with Gasteiger partial charge in [-0.15, -0.1) is 0 Å². The van der Waals surface area contributed by atoms with Gasteiger partial charge in [0, 0.05) is 21.0 Å². The molecule has 4 heteroatoms. The molecule has 2 aliphatic carbocycles. The van der Waals surface area contributed by atoms with Crippen molar-refractivity contribution in [3.63, 3.8) is 0 Å². The molecule has 2 aromatic carbocycles. The fraction of sp³-hybridized carbons (Fsp3) is 0.263. The van der Waals surface area contributed by atoms with Crippen LogP contribution >= 0.6 is 15.9 Å². The molecule has 0 amide bonds. The first-order valence-corrected chi connectivity index (χ1v) is 8.80. The van der Waals surface area contributed by atoms with E-state index in [1.807, 2.05) is 36.4 Å². The van der Waals surface area contributed by atoms with E-state index in [1.165, 1.54) is 0 Å². The third-order valence-electron chi connectivity index (χ3n) is 5.53. The number of fused-ring (bicyclic) bond motifs is 6. The molecule has 0 spiro atoms. The lowest BCUT2D eigenvalue weighted by atomic mass is 9.95. The van der Waals surface area contributed by atoms with Crippen molar-refractivity contribution in [1.29, 1.82) is 0 Å². The van der Waals surface area contributed by atoms with Crippen LogP contribution in [0.2, 0.25) is 0 Å². The second-order valence-electron chi connectivity index (χ2n) is 6.63. The molecule has 5 rings (SSSR count). The third-order valence-corrected chi connectivity index (χ3v) is 6.22. The molecule has 116 valence electrons. The first-order valence-electron chi connectivity index (χ1n) is 8.01. The largest absolute Gasteiger partial charge is 0.494 e. The molecule has 1 heterocycles. The number of aromatic hydroxyl groups is 2. The van der Waals surface area contributed by atoms with Gasteiger partial charge in [0.15, 0.2) is 0 Å². The summed E-state index contributed by atoms with van der Waals surface area (Å²) in [6.07, 6.45) is 3.32. The fourth-order valence-corrected chi connectivity index (χ4v) is 5.04. The minimum atomic E-state index is 0.220. The first-order chi connectivity index (χ1) is 11.2. The Labute approximate surface area is 142 Å². The molecule has 1 aromatic heterocycles. The zero-order valence-electron chi connectivity index (χ0n) is 12.5. The topological polar surface area (TPSA) is 45.4 Å². The highest BCUT2D eigenvalue weighted by atomic mass is 79.9. The fourth-order valence-electron chi connectivity index (χ4n) is 4.56. The lowest BCUT2D eigenvalue weighted by Gasteiger charge is -2.13.